The van der Waals surface area contributed by atoms with Gasteiger partial charge in [0.1, 0.15) is 0 Å². The molecule has 0 aliphatic rings. The number of thiazole rings is 1. The van der Waals surface area contributed by atoms with Crippen molar-refractivity contribution in [3.05, 3.63) is 60.1 Å². The van der Waals surface area contributed by atoms with Crippen LogP contribution in [0.2, 0.25) is 0 Å². The topological polar surface area (TPSA) is 105 Å². The molecule has 0 radical (unpaired) electrons. The number of hydrogen-bond donors (Lipinski definition) is 2. The zero-order valence-electron chi connectivity index (χ0n) is 14.0. The summed E-state index contributed by atoms with van der Waals surface area (Å²) in [6, 6.07) is 11.9. The van der Waals surface area contributed by atoms with E-state index in [4.69, 9.17) is 0 Å². The van der Waals surface area contributed by atoms with E-state index in [0.29, 0.717) is 0 Å². The Balaban J connectivity index is 1.76. The van der Waals surface area contributed by atoms with Gasteiger partial charge in [-0.15, -0.1) is 23.1 Å². The number of sulfonamides is 2. The first kappa shape index (κ1) is 19.7. The lowest BCUT2D eigenvalue weighted by Crippen LogP contribution is -2.14. The van der Waals surface area contributed by atoms with Gasteiger partial charge >= 0.3 is 0 Å². The Kier molecular flexibility index (Phi) is 5.75. The van der Waals surface area contributed by atoms with Gasteiger partial charge in [-0.25, -0.2) is 21.8 Å². The predicted molar refractivity (Wildman–Crippen MR) is 108 cm³/mol. The zero-order valence-corrected chi connectivity index (χ0v) is 17.3. The maximum Gasteiger partial charge on any atom is 0.263 e. The fourth-order valence-corrected chi connectivity index (χ4v) is 5.37. The molecule has 1 aromatic heterocycles. The molecule has 0 saturated heterocycles. The van der Waals surface area contributed by atoms with Crippen LogP contribution >= 0.6 is 23.1 Å². The highest BCUT2D eigenvalue weighted by Gasteiger charge is 2.17. The van der Waals surface area contributed by atoms with Crippen molar-refractivity contribution in [2.45, 2.75) is 14.7 Å². The Morgan fingerprint density at radius 2 is 1.41 bits per heavy atom. The number of nitrogens with one attached hydrogen (secondary N) is 2. The van der Waals surface area contributed by atoms with E-state index in [2.05, 4.69) is 14.4 Å². The first-order valence-corrected chi connectivity index (χ1v) is 12.6. The predicted octanol–water partition coefficient (Wildman–Crippen LogP) is 3.47. The second-order valence-electron chi connectivity index (χ2n) is 5.25. The molecule has 0 fully saturated rings. The van der Waals surface area contributed by atoms with Crippen LogP contribution in [0.15, 0.2) is 74.8 Å². The second-order valence-corrected chi connectivity index (χ2v) is 10.4. The fourth-order valence-electron chi connectivity index (χ4n) is 2.12. The van der Waals surface area contributed by atoms with Gasteiger partial charge in [-0.3, -0.25) is 9.44 Å². The molecule has 0 unspecified atom stereocenters. The fraction of sp³-hybridized carbons (Fsp3) is 0.0625. The first-order valence-electron chi connectivity index (χ1n) is 7.49. The van der Waals surface area contributed by atoms with Crippen molar-refractivity contribution < 1.29 is 16.8 Å². The molecule has 0 spiro atoms. The van der Waals surface area contributed by atoms with Crippen LogP contribution in [-0.2, 0) is 20.0 Å². The Hall–Kier alpha value is -2.08. The molecule has 3 aromatic rings. The van der Waals surface area contributed by atoms with Crippen molar-refractivity contribution in [2.75, 3.05) is 15.7 Å². The van der Waals surface area contributed by atoms with E-state index in [1.54, 1.807) is 17.5 Å². The molecule has 0 amide bonds. The highest BCUT2D eigenvalue weighted by molar-refractivity contribution is 7.98. The van der Waals surface area contributed by atoms with Gasteiger partial charge in [-0.2, -0.15) is 0 Å². The number of aromatic nitrogens is 1. The summed E-state index contributed by atoms with van der Waals surface area (Å²) in [6.45, 7) is 0. The Labute approximate surface area is 166 Å². The van der Waals surface area contributed by atoms with Gasteiger partial charge in [0.15, 0.2) is 5.13 Å². The van der Waals surface area contributed by atoms with Gasteiger partial charge in [-0.1, -0.05) is 0 Å². The van der Waals surface area contributed by atoms with Crippen LogP contribution in [0.5, 0.6) is 0 Å². The van der Waals surface area contributed by atoms with E-state index in [-0.39, 0.29) is 20.6 Å². The Bertz CT molecular complexity index is 1110. The number of rotatable bonds is 7. The molecule has 27 heavy (non-hydrogen) atoms. The van der Waals surface area contributed by atoms with Crippen LogP contribution in [0, 0.1) is 0 Å². The van der Waals surface area contributed by atoms with E-state index in [0.717, 1.165) is 16.2 Å². The van der Waals surface area contributed by atoms with Crippen molar-refractivity contribution in [1.29, 1.82) is 0 Å². The van der Waals surface area contributed by atoms with Crippen molar-refractivity contribution in [2.24, 2.45) is 0 Å². The lowest BCUT2D eigenvalue weighted by molar-refractivity contribution is 0.600. The molecule has 11 heteroatoms. The molecule has 0 aliphatic carbocycles. The molecular formula is C16H15N3O4S4. The van der Waals surface area contributed by atoms with Gasteiger partial charge in [0.05, 0.1) is 9.79 Å². The maximum absolute atomic E-state index is 12.4. The third-order valence-corrected chi connectivity index (χ3v) is 7.75. The Morgan fingerprint density at radius 3 is 1.93 bits per heavy atom. The van der Waals surface area contributed by atoms with Crippen LogP contribution in [0.3, 0.4) is 0 Å². The average molecular weight is 442 g/mol. The van der Waals surface area contributed by atoms with Crippen molar-refractivity contribution in [3.8, 4) is 0 Å². The smallest absolute Gasteiger partial charge is 0.263 e. The third-order valence-electron chi connectivity index (χ3n) is 3.44. The van der Waals surface area contributed by atoms with Crippen LogP contribution in [0.25, 0.3) is 0 Å². The lowest BCUT2D eigenvalue weighted by atomic mass is 10.3. The molecule has 1 heterocycles. The molecular weight excluding hydrogens is 426 g/mol. The minimum absolute atomic E-state index is 0.00460. The molecule has 0 saturated carbocycles. The van der Waals surface area contributed by atoms with Crippen LogP contribution in [0.4, 0.5) is 10.8 Å². The summed E-state index contributed by atoms with van der Waals surface area (Å²) in [7, 11) is -7.55. The van der Waals surface area contributed by atoms with Gasteiger partial charge in [-0.05, 0) is 54.8 Å². The summed E-state index contributed by atoms with van der Waals surface area (Å²) >= 11 is 2.68. The van der Waals surface area contributed by atoms with Gasteiger partial charge in [0.2, 0.25) is 0 Å². The first-order chi connectivity index (χ1) is 12.8. The Morgan fingerprint density at radius 1 is 0.852 bits per heavy atom. The van der Waals surface area contributed by atoms with Crippen molar-refractivity contribution in [1.82, 2.24) is 4.98 Å². The molecule has 0 bridgehead atoms. The van der Waals surface area contributed by atoms with Gasteiger partial charge < -0.3 is 0 Å². The highest BCUT2D eigenvalue weighted by atomic mass is 32.2. The minimum atomic E-state index is -3.79. The van der Waals surface area contributed by atoms with Crippen molar-refractivity contribution >= 4 is 54.0 Å². The highest BCUT2D eigenvalue weighted by Crippen LogP contribution is 2.22. The summed E-state index contributed by atoms with van der Waals surface area (Å²) in [6.07, 6.45) is 3.40. The molecule has 2 aromatic carbocycles. The second kappa shape index (κ2) is 7.89. The van der Waals surface area contributed by atoms with E-state index < -0.39 is 20.0 Å². The summed E-state index contributed by atoms with van der Waals surface area (Å²) in [4.78, 5) is 4.96. The van der Waals surface area contributed by atoms with Crippen LogP contribution in [-0.4, -0.2) is 28.1 Å². The lowest BCUT2D eigenvalue weighted by Gasteiger charge is -2.10. The maximum atomic E-state index is 12.4. The van der Waals surface area contributed by atoms with Crippen molar-refractivity contribution in [3.63, 3.8) is 0 Å². The largest absolute Gasteiger partial charge is 0.280 e. The summed E-state index contributed by atoms with van der Waals surface area (Å²) in [5, 5.41) is 1.91. The molecule has 142 valence electrons. The number of hydrogen-bond acceptors (Lipinski definition) is 7. The molecule has 7 nitrogen and oxygen atoms in total. The minimum Gasteiger partial charge on any atom is -0.280 e. The summed E-state index contributed by atoms with van der Waals surface area (Å²) in [5.74, 6) is 0. The van der Waals surface area contributed by atoms with E-state index in [9.17, 15) is 16.8 Å². The number of nitrogens with zero attached hydrogens (tertiary/aromatic N) is 1. The van der Waals surface area contributed by atoms with E-state index >= 15 is 0 Å². The van der Waals surface area contributed by atoms with Crippen LogP contribution in [0.1, 0.15) is 0 Å². The normalized spacial score (nSPS) is 11.9. The molecule has 0 atom stereocenters. The number of thioether (sulfide) groups is 1. The third kappa shape index (κ3) is 4.80. The number of anilines is 2. The summed E-state index contributed by atoms with van der Waals surface area (Å²) < 4.78 is 54.3. The monoisotopic (exact) mass is 441 g/mol. The quantitative estimate of drug-likeness (QED) is 0.544. The van der Waals surface area contributed by atoms with E-state index in [1.807, 2.05) is 6.26 Å². The summed E-state index contributed by atoms with van der Waals surface area (Å²) in [5.41, 5.74) is 0.261. The average Bonchev–Trinajstić information content (AvgIpc) is 3.14. The molecule has 2 N–H and O–H groups in total. The zero-order chi connectivity index (χ0) is 19.5. The van der Waals surface area contributed by atoms with Crippen LogP contribution < -0.4 is 9.44 Å². The standard InChI is InChI=1S/C16H15N3O4S4/c1-24-13-4-8-15(9-5-13)26(20,21)18-12-2-6-14(7-3-12)27(22,23)19-16-17-10-11-25-16/h2-11,18H,1H3,(H,17,19). The molecule has 3 rings (SSSR count). The van der Waals surface area contributed by atoms with Gasteiger partial charge in [0.25, 0.3) is 20.0 Å². The van der Waals surface area contributed by atoms with Gasteiger partial charge in [0, 0.05) is 22.2 Å². The SMILES string of the molecule is CSc1ccc(S(=O)(=O)Nc2ccc(S(=O)(=O)Nc3nccs3)cc2)cc1. The van der Waals surface area contributed by atoms with E-state index in [1.165, 1.54) is 54.4 Å². The molecule has 0 aliphatic heterocycles. The number of benzene rings is 2.